The molecule has 118 valence electrons. The summed E-state index contributed by atoms with van der Waals surface area (Å²) in [6, 6.07) is 6.65. The van der Waals surface area contributed by atoms with Crippen molar-refractivity contribution in [3.8, 4) is 0 Å². The fourth-order valence-electron chi connectivity index (χ4n) is 3.36. The minimum atomic E-state index is 0.343. The Kier molecular flexibility index (Phi) is 5.28. The molecule has 0 saturated carbocycles. The quantitative estimate of drug-likeness (QED) is 0.899. The third-order valence-electron chi connectivity index (χ3n) is 4.60. The number of aryl methyl sites for hydroxylation is 1. The minimum Gasteiger partial charge on any atom is -0.369 e. The van der Waals surface area contributed by atoms with Gasteiger partial charge in [-0.1, -0.05) is 26.0 Å². The number of rotatable bonds is 5. The molecule has 0 spiro atoms. The Morgan fingerprint density at radius 2 is 1.76 bits per heavy atom. The summed E-state index contributed by atoms with van der Waals surface area (Å²) in [4.78, 5) is 5.16. The molecule has 21 heavy (non-hydrogen) atoms. The van der Waals surface area contributed by atoms with E-state index in [4.69, 9.17) is 0 Å². The molecule has 0 aromatic heterocycles. The van der Waals surface area contributed by atoms with E-state index >= 15 is 0 Å². The number of nitrogens with one attached hydrogen (secondary N) is 1. The Balaban J connectivity index is 1.93. The van der Waals surface area contributed by atoms with E-state index in [0.717, 1.165) is 19.6 Å². The largest absolute Gasteiger partial charge is 0.369 e. The Morgan fingerprint density at radius 1 is 1.10 bits per heavy atom. The lowest BCUT2D eigenvalue weighted by Crippen LogP contribution is -2.50. The van der Waals surface area contributed by atoms with Crippen LogP contribution < -0.4 is 10.2 Å². The fraction of sp³-hybridized carbons (Fsp3) is 0.667. The smallest absolute Gasteiger partial charge is 0.0399 e. The SMILES string of the molecule is CNCC(C)(C)CN1CCN(c2cccc(C)c2C)CC1. The first-order valence-corrected chi connectivity index (χ1v) is 8.11. The molecule has 1 fully saturated rings. The molecule has 1 aromatic rings. The summed E-state index contributed by atoms with van der Waals surface area (Å²) in [5.41, 5.74) is 4.59. The van der Waals surface area contributed by atoms with Gasteiger partial charge in [-0.05, 0) is 43.5 Å². The van der Waals surface area contributed by atoms with Gasteiger partial charge < -0.3 is 10.2 Å². The molecular formula is C18H31N3. The molecule has 2 rings (SSSR count). The number of anilines is 1. The van der Waals surface area contributed by atoms with Gasteiger partial charge in [0.25, 0.3) is 0 Å². The van der Waals surface area contributed by atoms with Crippen molar-refractivity contribution in [2.75, 3.05) is 51.2 Å². The van der Waals surface area contributed by atoms with E-state index in [-0.39, 0.29) is 0 Å². The van der Waals surface area contributed by atoms with Gasteiger partial charge in [-0.2, -0.15) is 0 Å². The number of nitrogens with zero attached hydrogens (tertiary/aromatic N) is 2. The van der Waals surface area contributed by atoms with Crippen molar-refractivity contribution in [3.05, 3.63) is 29.3 Å². The van der Waals surface area contributed by atoms with Crippen molar-refractivity contribution in [1.82, 2.24) is 10.2 Å². The molecule has 3 heteroatoms. The van der Waals surface area contributed by atoms with Crippen LogP contribution in [-0.4, -0.2) is 51.2 Å². The highest BCUT2D eigenvalue weighted by Gasteiger charge is 2.24. The topological polar surface area (TPSA) is 18.5 Å². The summed E-state index contributed by atoms with van der Waals surface area (Å²) >= 11 is 0. The fourth-order valence-corrected chi connectivity index (χ4v) is 3.36. The van der Waals surface area contributed by atoms with Gasteiger partial charge in [-0.25, -0.2) is 0 Å². The maximum absolute atomic E-state index is 3.31. The van der Waals surface area contributed by atoms with Crippen LogP contribution >= 0.6 is 0 Å². The molecule has 1 aliphatic rings. The molecular weight excluding hydrogens is 258 g/mol. The lowest BCUT2D eigenvalue weighted by Gasteiger charge is -2.40. The Labute approximate surface area is 130 Å². The summed E-state index contributed by atoms with van der Waals surface area (Å²) in [5.74, 6) is 0. The van der Waals surface area contributed by atoms with Gasteiger partial charge in [0.15, 0.2) is 0 Å². The highest BCUT2D eigenvalue weighted by atomic mass is 15.3. The molecule has 0 atom stereocenters. The molecule has 1 aromatic carbocycles. The predicted molar refractivity (Wildman–Crippen MR) is 92.3 cm³/mol. The van der Waals surface area contributed by atoms with Crippen molar-refractivity contribution in [1.29, 1.82) is 0 Å². The van der Waals surface area contributed by atoms with Crippen LogP contribution in [0.2, 0.25) is 0 Å². The van der Waals surface area contributed by atoms with E-state index in [1.165, 1.54) is 36.4 Å². The first-order chi connectivity index (χ1) is 9.93. The zero-order valence-electron chi connectivity index (χ0n) is 14.4. The third-order valence-corrected chi connectivity index (χ3v) is 4.60. The van der Waals surface area contributed by atoms with Crippen LogP contribution in [0.25, 0.3) is 0 Å². The van der Waals surface area contributed by atoms with Gasteiger partial charge in [-0.15, -0.1) is 0 Å². The first kappa shape index (κ1) is 16.3. The normalized spacial score (nSPS) is 17.3. The Morgan fingerprint density at radius 3 is 2.38 bits per heavy atom. The van der Waals surface area contributed by atoms with Crippen molar-refractivity contribution in [3.63, 3.8) is 0 Å². The van der Waals surface area contributed by atoms with Crippen LogP contribution in [0.1, 0.15) is 25.0 Å². The second-order valence-electron chi connectivity index (χ2n) is 7.18. The standard InChI is InChI=1S/C18H31N3/c1-15-7-6-8-17(16(15)2)21-11-9-20(10-12-21)14-18(3,4)13-19-5/h6-8,19H,9-14H2,1-5H3. The molecule has 1 heterocycles. The van der Waals surface area contributed by atoms with E-state index in [9.17, 15) is 0 Å². The number of hydrogen-bond donors (Lipinski definition) is 1. The van der Waals surface area contributed by atoms with Crippen molar-refractivity contribution in [2.24, 2.45) is 5.41 Å². The molecule has 1 aliphatic heterocycles. The maximum atomic E-state index is 3.31. The first-order valence-electron chi connectivity index (χ1n) is 8.11. The van der Waals surface area contributed by atoms with Gasteiger partial charge in [0.1, 0.15) is 0 Å². The number of piperazine rings is 1. The molecule has 0 unspecified atom stereocenters. The molecule has 0 aliphatic carbocycles. The molecule has 0 radical (unpaired) electrons. The van der Waals surface area contributed by atoms with E-state index < -0.39 is 0 Å². The highest BCUT2D eigenvalue weighted by Crippen LogP contribution is 2.24. The lowest BCUT2D eigenvalue weighted by atomic mass is 9.92. The second kappa shape index (κ2) is 6.80. The molecule has 3 nitrogen and oxygen atoms in total. The molecule has 0 amide bonds. The van der Waals surface area contributed by atoms with Crippen molar-refractivity contribution < 1.29 is 0 Å². The van der Waals surface area contributed by atoms with Crippen LogP contribution in [0.4, 0.5) is 5.69 Å². The summed E-state index contributed by atoms with van der Waals surface area (Å²) < 4.78 is 0. The van der Waals surface area contributed by atoms with Gasteiger partial charge >= 0.3 is 0 Å². The Hall–Kier alpha value is -1.06. The molecule has 0 bridgehead atoms. The van der Waals surface area contributed by atoms with E-state index in [1.54, 1.807) is 0 Å². The minimum absolute atomic E-state index is 0.343. The summed E-state index contributed by atoms with van der Waals surface area (Å²) in [7, 11) is 2.04. The predicted octanol–water partition coefficient (Wildman–Crippen LogP) is 2.67. The molecule has 1 N–H and O–H groups in total. The number of hydrogen-bond acceptors (Lipinski definition) is 3. The average Bonchev–Trinajstić information content (AvgIpc) is 2.42. The summed E-state index contributed by atoms with van der Waals surface area (Å²) in [5, 5.41) is 3.31. The number of benzene rings is 1. The van der Waals surface area contributed by atoms with E-state index in [2.05, 4.69) is 61.0 Å². The van der Waals surface area contributed by atoms with E-state index in [1.807, 2.05) is 7.05 Å². The zero-order chi connectivity index (χ0) is 15.5. The van der Waals surface area contributed by atoms with Gasteiger partial charge in [0.05, 0.1) is 0 Å². The van der Waals surface area contributed by atoms with Gasteiger partial charge in [0, 0.05) is 45.0 Å². The van der Waals surface area contributed by atoms with Crippen LogP contribution in [-0.2, 0) is 0 Å². The zero-order valence-corrected chi connectivity index (χ0v) is 14.4. The lowest BCUT2D eigenvalue weighted by molar-refractivity contribution is 0.168. The van der Waals surface area contributed by atoms with Crippen LogP contribution in [0.5, 0.6) is 0 Å². The maximum Gasteiger partial charge on any atom is 0.0399 e. The van der Waals surface area contributed by atoms with Crippen molar-refractivity contribution >= 4 is 5.69 Å². The van der Waals surface area contributed by atoms with Gasteiger partial charge in [-0.3, -0.25) is 4.90 Å². The van der Waals surface area contributed by atoms with Crippen molar-refractivity contribution in [2.45, 2.75) is 27.7 Å². The summed E-state index contributed by atoms with van der Waals surface area (Å²) in [6.45, 7) is 16.0. The summed E-state index contributed by atoms with van der Waals surface area (Å²) in [6.07, 6.45) is 0. The molecule has 1 saturated heterocycles. The third kappa shape index (κ3) is 4.21. The average molecular weight is 289 g/mol. The Bertz CT molecular complexity index is 460. The van der Waals surface area contributed by atoms with Gasteiger partial charge in [0.2, 0.25) is 0 Å². The van der Waals surface area contributed by atoms with Crippen LogP contribution in [0.3, 0.4) is 0 Å². The highest BCUT2D eigenvalue weighted by molar-refractivity contribution is 5.56. The van der Waals surface area contributed by atoms with Crippen LogP contribution in [0, 0.1) is 19.3 Å². The van der Waals surface area contributed by atoms with Crippen LogP contribution in [0.15, 0.2) is 18.2 Å². The monoisotopic (exact) mass is 289 g/mol. The van der Waals surface area contributed by atoms with E-state index in [0.29, 0.717) is 5.41 Å². The second-order valence-corrected chi connectivity index (χ2v) is 7.18.